The quantitative estimate of drug-likeness (QED) is 0.668. The molecule has 3 aromatic rings. The molecule has 2 bridgehead atoms. The molecule has 1 fully saturated rings. The van der Waals surface area contributed by atoms with Crippen molar-refractivity contribution in [3.05, 3.63) is 83.4 Å². The molecule has 30 heavy (non-hydrogen) atoms. The number of carbonyl (C=O) groups is 1. The highest BCUT2D eigenvalue weighted by Crippen LogP contribution is 2.35. The van der Waals surface area contributed by atoms with Gasteiger partial charge in [0.2, 0.25) is 0 Å². The number of H-pyrrole nitrogens is 1. The van der Waals surface area contributed by atoms with Crippen LogP contribution in [0.4, 0.5) is 4.39 Å². The Morgan fingerprint density at radius 3 is 2.77 bits per heavy atom. The molecular formula is C25H26FN3O. The lowest BCUT2D eigenvalue weighted by molar-refractivity contribution is 0.0787. The molecule has 0 saturated carbocycles. The lowest BCUT2D eigenvalue weighted by atomic mass is 10.0. The fourth-order valence-electron chi connectivity index (χ4n) is 4.91. The molecule has 1 saturated heterocycles. The molecule has 2 aromatic carbocycles. The number of hydrogen-bond donors (Lipinski definition) is 1. The van der Waals surface area contributed by atoms with Gasteiger partial charge in [0.25, 0.3) is 5.91 Å². The third-order valence-electron chi connectivity index (χ3n) is 6.69. The number of nitrogens with zero attached hydrogens (tertiary/aromatic N) is 2. The third-order valence-corrected chi connectivity index (χ3v) is 6.69. The number of fused-ring (bicyclic) bond motifs is 3. The summed E-state index contributed by atoms with van der Waals surface area (Å²) < 4.78 is 13.4. The van der Waals surface area contributed by atoms with E-state index in [4.69, 9.17) is 0 Å². The molecule has 5 rings (SSSR count). The number of para-hydroxylation sites is 1. The molecule has 2 aliphatic rings. The van der Waals surface area contributed by atoms with Crippen LogP contribution < -0.4 is 0 Å². The normalized spacial score (nSPS) is 21.1. The Balaban J connectivity index is 1.44. The molecule has 4 nitrogen and oxygen atoms in total. The summed E-state index contributed by atoms with van der Waals surface area (Å²) in [6, 6.07) is 15.0. The summed E-state index contributed by atoms with van der Waals surface area (Å²) in [6.45, 7) is 0.604. The summed E-state index contributed by atoms with van der Waals surface area (Å²) in [5, 5.41) is 1.20. The van der Waals surface area contributed by atoms with Gasteiger partial charge in [-0.3, -0.25) is 9.69 Å². The number of benzene rings is 2. The summed E-state index contributed by atoms with van der Waals surface area (Å²) >= 11 is 0. The van der Waals surface area contributed by atoms with E-state index in [0.29, 0.717) is 24.2 Å². The zero-order valence-electron chi connectivity index (χ0n) is 17.1. The minimum Gasteiger partial charge on any atom is -0.361 e. The van der Waals surface area contributed by atoms with Crippen molar-refractivity contribution in [3.63, 3.8) is 0 Å². The van der Waals surface area contributed by atoms with Crippen LogP contribution in [-0.2, 0) is 6.42 Å². The van der Waals surface area contributed by atoms with Crippen LogP contribution in [0.2, 0.25) is 0 Å². The number of aromatic nitrogens is 1. The Morgan fingerprint density at radius 2 is 1.97 bits per heavy atom. The fourth-order valence-corrected chi connectivity index (χ4v) is 4.91. The SMILES string of the molecule is CN1C2C=C(N(CCc3c[nH]c4ccccc34)C(=O)c3ccc(F)cc3)CC1CC2. The number of halogens is 1. The maximum absolute atomic E-state index is 13.4. The number of hydrogen-bond acceptors (Lipinski definition) is 2. The van der Waals surface area contributed by atoms with E-state index < -0.39 is 0 Å². The maximum atomic E-state index is 13.4. The van der Waals surface area contributed by atoms with E-state index in [0.717, 1.165) is 30.5 Å². The Morgan fingerprint density at radius 1 is 1.17 bits per heavy atom. The number of amides is 1. The standard InChI is InChI=1S/C25H26FN3O/c1-28-20-10-11-21(28)15-22(14-20)29(25(30)17-6-8-19(26)9-7-17)13-12-18-16-27-24-5-3-2-4-23(18)24/h2-9,14,16,20-21,27H,10-13,15H2,1H3. The van der Waals surface area contributed by atoms with Crippen molar-refractivity contribution in [2.45, 2.75) is 37.8 Å². The Bertz CT molecular complexity index is 1100. The first-order valence-corrected chi connectivity index (χ1v) is 10.7. The van der Waals surface area contributed by atoms with Crippen LogP contribution in [0.25, 0.3) is 10.9 Å². The van der Waals surface area contributed by atoms with Crippen LogP contribution in [0.15, 0.2) is 66.5 Å². The summed E-state index contributed by atoms with van der Waals surface area (Å²) in [7, 11) is 2.17. The van der Waals surface area contributed by atoms with Crippen LogP contribution in [0, 0.1) is 5.82 Å². The molecule has 0 spiro atoms. The average Bonchev–Trinajstić information content (AvgIpc) is 3.24. The minimum absolute atomic E-state index is 0.0509. The van der Waals surface area contributed by atoms with Gasteiger partial charge >= 0.3 is 0 Å². The number of nitrogens with one attached hydrogen (secondary N) is 1. The highest BCUT2D eigenvalue weighted by Gasteiger charge is 2.36. The molecule has 2 atom stereocenters. The Hall–Kier alpha value is -2.92. The van der Waals surface area contributed by atoms with Crippen LogP contribution in [0.1, 0.15) is 35.2 Å². The zero-order valence-corrected chi connectivity index (χ0v) is 17.1. The summed E-state index contributed by atoms with van der Waals surface area (Å²) in [4.78, 5) is 21.1. The predicted molar refractivity (Wildman–Crippen MR) is 117 cm³/mol. The van der Waals surface area contributed by atoms with Crippen molar-refractivity contribution in [2.24, 2.45) is 0 Å². The van der Waals surface area contributed by atoms with Crippen molar-refractivity contribution in [2.75, 3.05) is 13.6 Å². The lowest BCUT2D eigenvalue weighted by Gasteiger charge is -2.35. The zero-order chi connectivity index (χ0) is 20.7. The molecule has 0 aliphatic carbocycles. The van der Waals surface area contributed by atoms with E-state index in [1.54, 1.807) is 12.1 Å². The van der Waals surface area contributed by atoms with Gasteiger partial charge in [0, 0.05) is 53.4 Å². The van der Waals surface area contributed by atoms with Gasteiger partial charge in [-0.1, -0.05) is 18.2 Å². The topological polar surface area (TPSA) is 39.3 Å². The highest BCUT2D eigenvalue weighted by molar-refractivity contribution is 5.95. The number of carbonyl (C=O) groups excluding carboxylic acids is 1. The van der Waals surface area contributed by atoms with E-state index in [9.17, 15) is 9.18 Å². The van der Waals surface area contributed by atoms with Crippen molar-refractivity contribution >= 4 is 16.8 Å². The third kappa shape index (κ3) is 3.43. The average molecular weight is 404 g/mol. The van der Waals surface area contributed by atoms with Crippen LogP contribution in [-0.4, -0.2) is 46.4 Å². The molecule has 2 aliphatic heterocycles. The van der Waals surface area contributed by atoms with Crippen molar-refractivity contribution in [1.29, 1.82) is 0 Å². The molecule has 1 amide bonds. The first kappa shape index (κ1) is 19.1. The van der Waals surface area contributed by atoms with Crippen molar-refractivity contribution < 1.29 is 9.18 Å². The van der Waals surface area contributed by atoms with E-state index in [1.807, 2.05) is 23.2 Å². The molecule has 154 valence electrons. The monoisotopic (exact) mass is 403 g/mol. The van der Waals surface area contributed by atoms with Gasteiger partial charge in [0.15, 0.2) is 0 Å². The van der Waals surface area contributed by atoms with Crippen LogP contribution in [0.5, 0.6) is 0 Å². The molecule has 3 heterocycles. The first-order chi connectivity index (χ1) is 14.6. The summed E-state index contributed by atoms with van der Waals surface area (Å²) in [6.07, 6.45) is 8.26. The molecule has 5 heteroatoms. The number of likely N-dealkylation sites (N-methyl/N-ethyl adjacent to an activating group) is 1. The van der Waals surface area contributed by atoms with E-state index in [1.165, 1.54) is 29.5 Å². The van der Waals surface area contributed by atoms with Gasteiger partial charge in [-0.15, -0.1) is 0 Å². The lowest BCUT2D eigenvalue weighted by Crippen LogP contribution is -2.41. The largest absolute Gasteiger partial charge is 0.361 e. The van der Waals surface area contributed by atoms with E-state index in [-0.39, 0.29) is 11.7 Å². The molecule has 1 N–H and O–H groups in total. The molecular weight excluding hydrogens is 377 g/mol. The number of rotatable bonds is 5. The fraction of sp³-hybridized carbons (Fsp3) is 0.320. The van der Waals surface area contributed by atoms with Gasteiger partial charge in [-0.2, -0.15) is 0 Å². The van der Waals surface area contributed by atoms with Crippen molar-refractivity contribution in [3.8, 4) is 0 Å². The van der Waals surface area contributed by atoms with Gasteiger partial charge in [-0.25, -0.2) is 4.39 Å². The minimum atomic E-state index is -0.326. The Kier molecular flexibility index (Phi) is 4.91. The van der Waals surface area contributed by atoms with Crippen LogP contribution >= 0.6 is 0 Å². The highest BCUT2D eigenvalue weighted by atomic mass is 19.1. The van der Waals surface area contributed by atoms with Gasteiger partial charge in [-0.05, 0) is 68.3 Å². The second-order valence-electron chi connectivity index (χ2n) is 8.40. The van der Waals surface area contributed by atoms with Gasteiger partial charge < -0.3 is 9.88 Å². The summed E-state index contributed by atoms with van der Waals surface area (Å²) in [5.74, 6) is -0.376. The Labute approximate surface area is 176 Å². The van der Waals surface area contributed by atoms with Crippen molar-refractivity contribution in [1.82, 2.24) is 14.8 Å². The van der Waals surface area contributed by atoms with E-state index >= 15 is 0 Å². The maximum Gasteiger partial charge on any atom is 0.258 e. The summed E-state index contributed by atoms with van der Waals surface area (Å²) in [5.41, 5.74) is 3.96. The second kappa shape index (κ2) is 7.73. The number of aromatic amines is 1. The van der Waals surface area contributed by atoms with Gasteiger partial charge in [0.05, 0.1) is 0 Å². The predicted octanol–water partition coefficient (Wildman–Crippen LogP) is 4.74. The van der Waals surface area contributed by atoms with E-state index in [2.05, 4.69) is 35.1 Å². The van der Waals surface area contributed by atoms with Gasteiger partial charge in [0.1, 0.15) is 5.82 Å². The molecule has 0 radical (unpaired) electrons. The first-order valence-electron chi connectivity index (χ1n) is 10.7. The molecule has 1 aromatic heterocycles. The van der Waals surface area contributed by atoms with Crippen LogP contribution in [0.3, 0.4) is 0 Å². The second-order valence-corrected chi connectivity index (χ2v) is 8.40. The smallest absolute Gasteiger partial charge is 0.258 e. The molecule has 2 unspecified atom stereocenters.